The fourth-order valence-electron chi connectivity index (χ4n) is 1.82. The van der Waals surface area contributed by atoms with E-state index in [1.165, 1.54) is 11.3 Å². The zero-order chi connectivity index (χ0) is 13.8. The Balaban J connectivity index is 2.23. The van der Waals surface area contributed by atoms with Gasteiger partial charge in [-0.1, -0.05) is 35.0 Å². The van der Waals surface area contributed by atoms with E-state index in [4.69, 9.17) is 0 Å². The van der Waals surface area contributed by atoms with Gasteiger partial charge in [-0.3, -0.25) is 4.79 Å². The zero-order valence-corrected chi connectivity index (χ0v) is 12.9. The summed E-state index contributed by atoms with van der Waals surface area (Å²) in [6.07, 6.45) is 1.30. The van der Waals surface area contributed by atoms with Gasteiger partial charge in [-0.25, -0.2) is 4.98 Å². The van der Waals surface area contributed by atoms with Crippen LogP contribution in [0.4, 0.5) is 0 Å². The summed E-state index contributed by atoms with van der Waals surface area (Å²) >= 11 is 4.83. The fraction of sp³-hybridized carbons (Fsp3) is 0.286. The minimum absolute atomic E-state index is 0.464. The third kappa shape index (κ3) is 3.64. The summed E-state index contributed by atoms with van der Waals surface area (Å²) in [5.41, 5.74) is 1.95. The summed E-state index contributed by atoms with van der Waals surface area (Å²) in [6, 6.07) is 7.73. The van der Waals surface area contributed by atoms with Gasteiger partial charge in [0.15, 0.2) is 0 Å². The molecule has 3 nitrogen and oxygen atoms in total. The lowest BCUT2D eigenvalue weighted by Crippen LogP contribution is -2.14. The van der Waals surface area contributed by atoms with E-state index in [0.29, 0.717) is 11.4 Å². The average molecular weight is 340 g/mol. The van der Waals surface area contributed by atoms with E-state index in [1.54, 1.807) is 0 Å². The van der Waals surface area contributed by atoms with Crippen LogP contribution in [0.5, 0.6) is 0 Å². The molecule has 0 spiro atoms. The number of aliphatic carboxylic acids is 1. The van der Waals surface area contributed by atoms with Gasteiger partial charge in [0.2, 0.25) is 0 Å². The van der Waals surface area contributed by atoms with E-state index in [0.717, 1.165) is 22.2 Å². The molecule has 100 valence electrons. The Kier molecular flexibility index (Phi) is 4.71. The predicted octanol–water partition coefficient (Wildman–Crippen LogP) is 3.88. The molecule has 2 aromatic rings. The maximum absolute atomic E-state index is 11.4. The summed E-state index contributed by atoms with van der Waals surface area (Å²) in [7, 11) is 0. The number of rotatable bonds is 5. The van der Waals surface area contributed by atoms with Crippen molar-refractivity contribution >= 4 is 33.2 Å². The molecule has 5 heteroatoms. The molecule has 0 aliphatic rings. The molecule has 19 heavy (non-hydrogen) atoms. The van der Waals surface area contributed by atoms with Crippen molar-refractivity contribution in [2.75, 3.05) is 0 Å². The number of carboxylic acids is 1. The SMILES string of the molecule is CCc1csc(C(Cc2cccc(Br)c2)C(=O)O)n1. The van der Waals surface area contributed by atoms with E-state index in [2.05, 4.69) is 20.9 Å². The van der Waals surface area contributed by atoms with Crippen LogP contribution in [0, 0.1) is 0 Å². The number of carbonyl (C=O) groups is 1. The van der Waals surface area contributed by atoms with Crippen LogP contribution < -0.4 is 0 Å². The monoisotopic (exact) mass is 339 g/mol. The van der Waals surface area contributed by atoms with Gasteiger partial charge < -0.3 is 5.11 Å². The molecule has 0 amide bonds. The topological polar surface area (TPSA) is 50.2 Å². The molecule has 2 rings (SSSR count). The molecule has 0 radical (unpaired) electrons. The second-order valence-corrected chi connectivity index (χ2v) is 6.06. The number of hydrogen-bond acceptors (Lipinski definition) is 3. The van der Waals surface area contributed by atoms with E-state index in [9.17, 15) is 9.90 Å². The number of nitrogens with zero attached hydrogens (tertiary/aromatic N) is 1. The number of aromatic nitrogens is 1. The molecule has 0 saturated heterocycles. The molecular formula is C14H14BrNO2S. The molecule has 1 unspecified atom stereocenters. The van der Waals surface area contributed by atoms with Crippen molar-refractivity contribution in [3.05, 3.63) is 50.4 Å². The van der Waals surface area contributed by atoms with Crippen molar-refractivity contribution in [1.29, 1.82) is 0 Å². The van der Waals surface area contributed by atoms with Gasteiger partial charge in [0.25, 0.3) is 0 Å². The molecule has 1 N–H and O–H groups in total. The Hall–Kier alpha value is -1.20. The lowest BCUT2D eigenvalue weighted by atomic mass is 10.00. The van der Waals surface area contributed by atoms with Gasteiger partial charge in [-0.15, -0.1) is 11.3 Å². The number of thiazole rings is 1. The van der Waals surface area contributed by atoms with Gasteiger partial charge in [-0.05, 0) is 30.5 Å². The lowest BCUT2D eigenvalue weighted by molar-refractivity contribution is -0.138. The summed E-state index contributed by atoms with van der Waals surface area (Å²) < 4.78 is 0.961. The predicted molar refractivity (Wildman–Crippen MR) is 79.7 cm³/mol. The molecular weight excluding hydrogens is 326 g/mol. The first kappa shape index (κ1) is 14.2. The Morgan fingerprint density at radius 2 is 2.32 bits per heavy atom. The minimum atomic E-state index is -0.822. The summed E-state index contributed by atoms with van der Waals surface area (Å²) in [5, 5.41) is 12.0. The summed E-state index contributed by atoms with van der Waals surface area (Å²) in [5.74, 6) is -1.39. The van der Waals surface area contributed by atoms with Gasteiger partial charge in [0, 0.05) is 9.85 Å². The highest BCUT2D eigenvalue weighted by Crippen LogP contribution is 2.26. The number of carboxylic acid groups (broad SMARTS) is 1. The average Bonchev–Trinajstić information content (AvgIpc) is 2.84. The largest absolute Gasteiger partial charge is 0.481 e. The molecule has 1 aromatic heterocycles. The van der Waals surface area contributed by atoms with Crippen LogP contribution in [0.25, 0.3) is 0 Å². The highest BCUT2D eigenvalue weighted by atomic mass is 79.9. The summed E-state index contributed by atoms with van der Waals surface area (Å²) in [4.78, 5) is 15.8. The van der Waals surface area contributed by atoms with Crippen LogP contribution in [-0.4, -0.2) is 16.1 Å². The highest BCUT2D eigenvalue weighted by molar-refractivity contribution is 9.10. The van der Waals surface area contributed by atoms with Gasteiger partial charge in [0.1, 0.15) is 10.9 Å². The first-order valence-electron chi connectivity index (χ1n) is 6.01. The van der Waals surface area contributed by atoms with Crippen molar-refractivity contribution in [3.63, 3.8) is 0 Å². The van der Waals surface area contributed by atoms with Crippen LogP contribution >= 0.6 is 27.3 Å². The van der Waals surface area contributed by atoms with Crippen LogP contribution in [-0.2, 0) is 17.6 Å². The van der Waals surface area contributed by atoms with Crippen LogP contribution in [0.2, 0.25) is 0 Å². The second-order valence-electron chi connectivity index (χ2n) is 4.26. The number of aryl methyl sites for hydroxylation is 1. The third-order valence-corrected chi connectivity index (χ3v) is 4.36. The quantitative estimate of drug-likeness (QED) is 0.899. The lowest BCUT2D eigenvalue weighted by Gasteiger charge is -2.09. The maximum atomic E-state index is 11.4. The molecule has 0 bridgehead atoms. The van der Waals surface area contributed by atoms with Crippen molar-refractivity contribution in [2.24, 2.45) is 0 Å². The molecule has 1 aromatic carbocycles. The number of halogens is 1. The minimum Gasteiger partial charge on any atom is -0.481 e. The Morgan fingerprint density at radius 3 is 2.89 bits per heavy atom. The normalized spacial score (nSPS) is 12.3. The first-order chi connectivity index (χ1) is 9.10. The Labute approximate surface area is 124 Å². The highest BCUT2D eigenvalue weighted by Gasteiger charge is 2.23. The molecule has 0 fully saturated rings. The number of hydrogen-bond donors (Lipinski definition) is 1. The Morgan fingerprint density at radius 1 is 1.53 bits per heavy atom. The van der Waals surface area contributed by atoms with Crippen LogP contribution in [0.3, 0.4) is 0 Å². The fourth-order valence-corrected chi connectivity index (χ4v) is 3.27. The van der Waals surface area contributed by atoms with Crippen molar-refractivity contribution in [3.8, 4) is 0 Å². The van der Waals surface area contributed by atoms with E-state index < -0.39 is 11.9 Å². The molecule has 0 aliphatic heterocycles. The van der Waals surface area contributed by atoms with Crippen LogP contribution in [0.1, 0.15) is 29.1 Å². The van der Waals surface area contributed by atoms with Crippen LogP contribution in [0.15, 0.2) is 34.1 Å². The summed E-state index contributed by atoms with van der Waals surface area (Å²) in [6.45, 7) is 2.02. The van der Waals surface area contributed by atoms with Gasteiger partial charge in [-0.2, -0.15) is 0 Å². The Bertz CT molecular complexity index is 582. The van der Waals surface area contributed by atoms with Crippen molar-refractivity contribution in [1.82, 2.24) is 4.98 Å². The molecule has 1 atom stereocenters. The molecule has 1 heterocycles. The van der Waals surface area contributed by atoms with E-state index in [1.807, 2.05) is 36.6 Å². The molecule has 0 aliphatic carbocycles. The van der Waals surface area contributed by atoms with Crippen molar-refractivity contribution in [2.45, 2.75) is 25.7 Å². The van der Waals surface area contributed by atoms with Gasteiger partial charge >= 0.3 is 5.97 Å². The van der Waals surface area contributed by atoms with Crippen molar-refractivity contribution < 1.29 is 9.90 Å². The van der Waals surface area contributed by atoms with E-state index >= 15 is 0 Å². The maximum Gasteiger partial charge on any atom is 0.313 e. The van der Waals surface area contributed by atoms with E-state index in [-0.39, 0.29) is 0 Å². The second kappa shape index (κ2) is 6.30. The smallest absolute Gasteiger partial charge is 0.313 e. The first-order valence-corrected chi connectivity index (χ1v) is 7.69. The zero-order valence-electron chi connectivity index (χ0n) is 10.5. The third-order valence-electron chi connectivity index (χ3n) is 2.86. The number of benzene rings is 1. The van der Waals surface area contributed by atoms with Gasteiger partial charge in [0.05, 0.1) is 5.69 Å². The molecule has 0 saturated carbocycles. The standard InChI is InChI=1S/C14H14BrNO2S/c1-2-11-8-19-13(16-11)12(14(17)18)7-9-4-3-5-10(15)6-9/h3-6,8,12H,2,7H2,1H3,(H,17,18).